The van der Waals surface area contributed by atoms with E-state index in [0.29, 0.717) is 23.5 Å². The first kappa shape index (κ1) is 15.9. The molecule has 5 heteroatoms. The van der Waals surface area contributed by atoms with Crippen molar-refractivity contribution in [2.75, 3.05) is 11.9 Å². The molecule has 2 aromatic rings. The Morgan fingerprint density at radius 1 is 1.32 bits per heavy atom. The van der Waals surface area contributed by atoms with Crippen LogP contribution < -0.4 is 10.6 Å². The van der Waals surface area contributed by atoms with Gasteiger partial charge >= 0.3 is 0 Å². The molecule has 1 amide bonds. The molecular weight excluding hydrogens is 281 g/mol. The van der Waals surface area contributed by atoms with Gasteiger partial charge in [-0.15, -0.1) is 0 Å². The van der Waals surface area contributed by atoms with E-state index in [-0.39, 0.29) is 17.8 Å². The summed E-state index contributed by atoms with van der Waals surface area (Å²) in [5.74, 6) is 0.280. The molecule has 2 N–H and O–H groups in total. The summed E-state index contributed by atoms with van der Waals surface area (Å²) in [6, 6.07) is 8.54. The fourth-order valence-corrected chi connectivity index (χ4v) is 2.06. The monoisotopic (exact) mass is 301 g/mol. The molecule has 4 nitrogen and oxygen atoms in total. The summed E-state index contributed by atoms with van der Waals surface area (Å²) in [5, 5.41) is 5.91. The molecule has 116 valence electrons. The Labute approximate surface area is 129 Å². The maximum atomic E-state index is 13.6. The van der Waals surface area contributed by atoms with Gasteiger partial charge in [-0.05, 0) is 50.1 Å². The summed E-state index contributed by atoms with van der Waals surface area (Å²) < 4.78 is 13.6. The number of nitrogens with zero attached hydrogens (tertiary/aromatic N) is 1. The smallest absolute Gasteiger partial charge is 0.252 e. The number of pyridine rings is 1. The van der Waals surface area contributed by atoms with E-state index in [9.17, 15) is 9.18 Å². The number of rotatable bonds is 5. The molecule has 1 aromatic heterocycles. The minimum Gasteiger partial charge on any atom is -0.364 e. The molecule has 0 saturated heterocycles. The molecule has 22 heavy (non-hydrogen) atoms. The van der Waals surface area contributed by atoms with Crippen LogP contribution in [0.1, 0.15) is 41.4 Å². The van der Waals surface area contributed by atoms with Crippen molar-refractivity contribution in [1.29, 1.82) is 0 Å². The quantitative estimate of drug-likeness (QED) is 0.889. The van der Waals surface area contributed by atoms with Crippen LogP contribution in [0.25, 0.3) is 0 Å². The molecule has 1 aromatic carbocycles. The highest BCUT2D eigenvalue weighted by Gasteiger charge is 2.09. The van der Waals surface area contributed by atoms with Gasteiger partial charge in [0.1, 0.15) is 11.6 Å². The highest BCUT2D eigenvalue weighted by Crippen LogP contribution is 2.20. The molecule has 1 heterocycles. The Balaban J connectivity index is 2.06. The number of benzene rings is 1. The first-order valence-electron chi connectivity index (χ1n) is 7.28. The SMILES string of the molecule is CCNC(=O)c1ccc(NC(C)c2ccc(C)c(F)c2)nc1. The number of aromatic nitrogens is 1. The molecule has 0 saturated carbocycles. The topological polar surface area (TPSA) is 54.0 Å². The summed E-state index contributed by atoms with van der Waals surface area (Å²) in [7, 11) is 0. The van der Waals surface area contributed by atoms with Gasteiger partial charge in [0.15, 0.2) is 0 Å². The average Bonchev–Trinajstić information content (AvgIpc) is 2.51. The number of aryl methyl sites for hydroxylation is 1. The van der Waals surface area contributed by atoms with Crippen LogP contribution >= 0.6 is 0 Å². The first-order valence-corrected chi connectivity index (χ1v) is 7.28. The van der Waals surface area contributed by atoms with Crippen LogP contribution in [0.5, 0.6) is 0 Å². The van der Waals surface area contributed by atoms with Crippen molar-refractivity contribution >= 4 is 11.7 Å². The van der Waals surface area contributed by atoms with Gasteiger partial charge in [0.2, 0.25) is 0 Å². The number of amides is 1. The van der Waals surface area contributed by atoms with Crippen molar-refractivity contribution in [3.05, 3.63) is 59.0 Å². The van der Waals surface area contributed by atoms with E-state index >= 15 is 0 Å². The Bertz CT molecular complexity index is 655. The second-order valence-electron chi connectivity index (χ2n) is 5.17. The maximum absolute atomic E-state index is 13.6. The number of hydrogen-bond donors (Lipinski definition) is 2. The standard InChI is InChI=1S/C17H20FN3O/c1-4-19-17(22)14-7-8-16(20-10-14)21-12(3)13-6-5-11(2)15(18)9-13/h5-10,12H,4H2,1-3H3,(H,19,22)(H,20,21). The number of hydrogen-bond acceptors (Lipinski definition) is 3. The Morgan fingerprint density at radius 3 is 2.68 bits per heavy atom. The van der Waals surface area contributed by atoms with Crippen molar-refractivity contribution < 1.29 is 9.18 Å². The van der Waals surface area contributed by atoms with Gasteiger partial charge in [0.05, 0.1) is 11.6 Å². The van der Waals surface area contributed by atoms with E-state index in [1.165, 1.54) is 12.3 Å². The molecule has 0 bridgehead atoms. The first-order chi connectivity index (χ1) is 10.5. The number of carbonyl (C=O) groups is 1. The van der Waals surface area contributed by atoms with Crippen LogP contribution in [0.2, 0.25) is 0 Å². The zero-order valence-corrected chi connectivity index (χ0v) is 13.0. The highest BCUT2D eigenvalue weighted by molar-refractivity contribution is 5.93. The van der Waals surface area contributed by atoms with Crippen LogP contribution in [-0.4, -0.2) is 17.4 Å². The Hall–Kier alpha value is -2.43. The number of nitrogens with one attached hydrogen (secondary N) is 2. The third-order valence-corrected chi connectivity index (χ3v) is 3.42. The maximum Gasteiger partial charge on any atom is 0.252 e. The second kappa shape index (κ2) is 7.02. The van der Waals surface area contributed by atoms with E-state index in [2.05, 4.69) is 15.6 Å². The molecule has 1 unspecified atom stereocenters. The predicted molar refractivity (Wildman–Crippen MR) is 85.4 cm³/mol. The van der Waals surface area contributed by atoms with E-state index < -0.39 is 0 Å². The summed E-state index contributed by atoms with van der Waals surface area (Å²) >= 11 is 0. The molecule has 0 fully saturated rings. The van der Waals surface area contributed by atoms with Crippen LogP contribution in [0.15, 0.2) is 36.5 Å². The zero-order valence-electron chi connectivity index (χ0n) is 13.0. The lowest BCUT2D eigenvalue weighted by Gasteiger charge is -2.15. The van der Waals surface area contributed by atoms with Gasteiger partial charge in [-0.25, -0.2) is 9.37 Å². The largest absolute Gasteiger partial charge is 0.364 e. The summed E-state index contributed by atoms with van der Waals surface area (Å²) in [6.07, 6.45) is 1.52. The van der Waals surface area contributed by atoms with Gasteiger partial charge in [-0.2, -0.15) is 0 Å². The van der Waals surface area contributed by atoms with Crippen LogP contribution in [-0.2, 0) is 0 Å². The Kier molecular flexibility index (Phi) is 5.09. The minimum atomic E-state index is -0.217. The third kappa shape index (κ3) is 3.81. The molecule has 2 rings (SSSR count). The predicted octanol–water partition coefficient (Wildman–Crippen LogP) is 3.45. The number of carbonyl (C=O) groups excluding carboxylic acids is 1. The molecule has 1 atom stereocenters. The van der Waals surface area contributed by atoms with Crippen molar-refractivity contribution in [3.63, 3.8) is 0 Å². The number of halogens is 1. The van der Waals surface area contributed by atoms with Gasteiger partial charge in [-0.1, -0.05) is 12.1 Å². The number of anilines is 1. The summed E-state index contributed by atoms with van der Waals surface area (Å²) in [6.45, 7) is 6.11. The van der Waals surface area contributed by atoms with Gasteiger partial charge in [0, 0.05) is 12.7 Å². The molecule has 0 aliphatic heterocycles. The molecule has 0 aliphatic rings. The second-order valence-corrected chi connectivity index (χ2v) is 5.17. The average molecular weight is 301 g/mol. The van der Waals surface area contributed by atoms with E-state index in [0.717, 1.165) is 5.56 Å². The highest BCUT2D eigenvalue weighted by atomic mass is 19.1. The molecule has 0 aliphatic carbocycles. The van der Waals surface area contributed by atoms with Gasteiger partial charge in [0.25, 0.3) is 5.91 Å². The minimum absolute atomic E-state index is 0.0853. The van der Waals surface area contributed by atoms with E-state index in [1.807, 2.05) is 19.9 Å². The lowest BCUT2D eigenvalue weighted by atomic mass is 10.1. The summed E-state index contributed by atoms with van der Waals surface area (Å²) in [4.78, 5) is 15.9. The van der Waals surface area contributed by atoms with Crippen LogP contribution in [0, 0.1) is 12.7 Å². The van der Waals surface area contributed by atoms with Crippen molar-refractivity contribution in [3.8, 4) is 0 Å². The van der Waals surface area contributed by atoms with Gasteiger partial charge < -0.3 is 10.6 Å². The molecular formula is C17H20FN3O. The van der Waals surface area contributed by atoms with E-state index in [4.69, 9.17) is 0 Å². The van der Waals surface area contributed by atoms with Crippen molar-refractivity contribution in [2.24, 2.45) is 0 Å². The lowest BCUT2D eigenvalue weighted by Crippen LogP contribution is -2.22. The lowest BCUT2D eigenvalue weighted by molar-refractivity contribution is 0.0955. The van der Waals surface area contributed by atoms with Crippen molar-refractivity contribution in [2.45, 2.75) is 26.8 Å². The van der Waals surface area contributed by atoms with E-state index in [1.54, 1.807) is 25.1 Å². The fraction of sp³-hybridized carbons (Fsp3) is 0.294. The Morgan fingerprint density at radius 2 is 2.09 bits per heavy atom. The molecule has 0 spiro atoms. The fourth-order valence-electron chi connectivity index (χ4n) is 2.06. The van der Waals surface area contributed by atoms with Gasteiger partial charge in [-0.3, -0.25) is 4.79 Å². The van der Waals surface area contributed by atoms with Crippen molar-refractivity contribution in [1.82, 2.24) is 10.3 Å². The summed E-state index contributed by atoms with van der Waals surface area (Å²) in [5.41, 5.74) is 1.99. The molecule has 0 radical (unpaired) electrons. The normalized spacial score (nSPS) is 11.8. The zero-order chi connectivity index (χ0) is 16.1. The van der Waals surface area contributed by atoms with Crippen LogP contribution in [0.4, 0.5) is 10.2 Å². The van der Waals surface area contributed by atoms with Crippen LogP contribution in [0.3, 0.4) is 0 Å². The third-order valence-electron chi connectivity index (χ3n) is 3.42.